The number of hydrogen-bond acceptors (Lipinski definition) is 5. The van der Waals surface area contributed by atoms with Gasteiger partial charge in [0, 0.05) is 5.56 Å². The number of aromatic amines is 1. The number of Topliss-reactive ketones (excluding diaryl/α,β-unsaturated/α-hetero) is 1. The summed E-state index contributed by atoms with van der Waals surface area (Å²) in [6, 6.07) is 4.52. The Labute approximate surface area is 137 Å². The molecule has 0 radical (unpaired) electrons. The second kappa shape index (κ2) is 5.09. The van der Waals surface area contributed by atoms with Gasteiger partial charge < -0.3 is 10.2 Å². The van der Waals surface area contributed by atoms with E-state index >= 15 is 0 Å². The molecule has 0 fully saturated rings. The lowest BCUT2D eigenvalue weighted by Crippen LogP contribution is -2.22. The highest BCUT2D eigenvalue weighted by molar-refractivity contribution is 14.1. The first-order chi connectivity index (χ1) is 10.4. The van der Waals surface area contributed by atoms with Gasteiger partial charge in [0.05, 0.1) is 14.7 Å². The number of allylic oxidation sites excluding steroid dienone is 1. The SMILES string of the molecule is O=C1C=Cc2c(c(O)[nH]c(=O)c2-c2ccc(O)c(I)c2)C1=O. The zero-order chi connectivity index (χ0) is 16.0. The number of phenolic OH excluding ortho intramolecular Hbond substituents is 1. The molecule has 0 spiro atoms. The smallest absolute Gasteiger partial charge is 0.259 e. The summed E-state index contributed by atoms with van der Waals surface area (Å²) in [6.07, 6.45) is 2.40. The summed E-state index contributed by atoms with van der Waals surface area (Å²) in [5.41, 5.74) is -0.00335. The van der Waals surface area contributed by atoms with Crippen LogP contribution in [-0.4, -0.2) is 26.8 Å². The molecule has 1 aliphatic carbocycles. The first-order valence-electron chi connectivity index (χ1n) is 6.15. The highest BCUT2D eigenvalue weighted by Gasteiger charge is 2.29. The molecule has 0 atom stereocenters. The van der Waals surface area contributed by atoms with Gasteiger partial charge in [-0.05, 0) is 52.4 Å². The van der Waals surface area contributed by atoms with E-state index in [9.17, 15) is 24.6 Å². The number of aromatic nitrogens is 1. The maximum atomic E-state index is 12.2. The van der Waals surface area contributed by atoms with Gasteiger partial charge >= 0.3 is 0 Å². The van der Waals surface area contributed by atoms with Gasteiger partial charge in [-0.3, -0.25) is 19.4 Å². The number of hydrogen-bond donors (Lipinski definition) is 3. The lowest BCUT2D eigenvalue weighted by atomic mass is 9.90. The van der Waals surface area contributed by atoms with Crippen LogP contribution in [0.5, 0.6) is 11.6 Å². The quantitative estimate of drug-likeness (QED) is 0.492. The zero-order valence-electron chi connectivity index (χ0n) is 10.9. The van der Waals surface area contributed by atoms with Crippen LogP contribution in [0.4, 0.5) is 0 Å². The van der Waals surface area contributed by atoms with E-state index in [0.29, 0.717) is 9.13 Å². The van der Waals surface area contributed by atoms with Gasteiger partial charge in [-0.25, -0.2) is 0 Å². The average Bonchev–Trinajstić information content (AvgIpc) is 2.46. The lowest BCUT2D eigenvalue weighted by molar-refractivity contribution is -0.111. The molecule has 1 aliphatic rings. The van der Waals surface area contributed by atoms with Gasteiger partial charge in [-0.2, -0.15) is 0 Å². The van der Waals surface area contributed by atoms with Gasteiger partial charge in [0.25, 0.3) is 5.56 Å². The van der Waals surface area contributed by atoms with Crippen molar-refractivity contribution in [2.24, 2.45) is 0 Å². The van der Waals surface area contributed by atoms with Gasteiger partial charge in [-0.15, -0.1) is 0 Å². The standard InChI is InChI=1S/C15H8INO5/c16-8-5-6(1-3-9(8)18)11-7-2-4-10(19)13(20)12(7)15(22)17-14(11)21/h1-5,18H,(H2,17,21,22). The second-order valence-electron chi connectivity index (χ2n) is 4.66. The Morgan fingerprint density at radius 1 is 1.00 bits per heavy atom. The average molecular weight is 409 g/mol. The predicted molar refractivity (Wildman–Crippen MR) is 86.9 cm³/mol. The Bertz CT molecular complexity index is 926. The van der Waals surface area contributed by atoms with Gasteiger partial charge in [-0.1, -0.05) is 6.07 Å². The summed E-state index contributed by atoms with van der Waals surface area (Å²) in [7, 11) is 0. The molecular formula is C15H8INO5. The molecule has 0 aliphatic heterocycles. The number of aromatic hydroxyl groups is 2. The molecular weight excluding hydrogens is 401 g/mol. The number of fused-ring (bicyclic) bond motifs is 1. The summed E-state index contributed by atoms with van der Waals surface area (Å²) in [4.78, 5) is 37.8. The fourth-order valence-corrected chi connectivity index (χ4v) is 2.83. The van der Waals surface area contributed by atoms with Crippen LogP contribution in [-0.2, 0) is 4.79 Å². The number of benzene rings is 1. The molecule has 1 aromatic heterocycles. The lowest BCUT2D eigenvalue weighted by Gasteiger charge is -2.14. The number of rotatable bonds is 1. The van der Waals surface area contributed by atoms with Crippen molar-refractivity contribution >= 4 is 40.2 Å². The molecule has 0 saturated carbocycles. The van der Waals surface area contributed by atoms with E-state index in [-0.39, 0.29) is 22.4 Å². The molecule has 7 heteroatoms. The molecule has 0 amide bonds. The zero-order valence-corrected chi connectivity index (χ0v) is 13.0. The van der Waals surface area contributed by atoms with Crippen molar-refractivity contribution < 1.29 is 19.8 Å². The topological polar surface area (TPSA) is 107 Å². The number of ketones is 2. The Hall–Kier alpha value is -2.42. The Kier molecular flexibility index (Phi) is 3.36. The van der Waals surface area contributed by atoms with E-state index in [4.69, 9.17) is 0 Å². The van der Waals surface area contributed by atoms with Crippen molar-refractivity contribution in [1.82, 2.24) is 4.98 Å². The number of carbonyl (C=O) groups excluding carboxylic acids is 2. The van der Waals surface area contributed by atoms with Crippen molar-refractivity contribution in [3.63, 3.8) is 0 Å². The third-order valence-corrected chi connectivity index (χ3v) is 4.19. The molecule has 1 aromatic carbocycles. The summed E-state index contributed by atoms with van der Waals surface area (Å²) in [6.45, 7) is 0. The number of carbonyl (C=O) groups is 2. The molecule has 0 unspecified atom stereocenters. The minimum absolute atomic E-state index is 0.0650. The van der Waals surface area contributed by atoms with Crippen LogP contribution in [0.2, 0.25) is 0 Å². The largest absolute Gasteiger partial charge is 0.507 e. The van der Waals surface area contributed by atoms with E-state index in [1.807, 2.05) is 22.6 Å². The molecule has 110 valence electrons. The van der Waals surface area contributed by atoms with Crippen LogP contribution < -0.4 is 5.56 Å². The van der Waals surface area contributed by atoms with Crippen molar-refractivity contribution in [1.29, 1.82) is 0 Å². The van der Waals surface area contributed by atoms with Crippen molar-refractivity contribution in [3.05, 3.63) is 49.3 Å². The number of phenols is 1. The number of nitrogens with one attached hydrogen (secondary N) is 1. The molecule has 0 saturated heterocycles. The number of pyridine rings is 1. The van der Waals surface area contributed by atoms with Crippen LogP contribution in [0.25, 0.3) is 17.2 Å². The summed E-state index contributed by atoms with van der Waals surface area (Å²) >= 11 is 1.91. The van der Waals surface area contributed by atoms with Crippen molar-refractivity contribution in [3.8, 4) is 22.8 Å². The molecule has 22 heavy (non-hydrogen) atoms. The maximum absolute atomic E-state index is 12.2. The van der Waals surface area contributed by atoms with E-state index in [1.165, 1.54) is 18.2 Å². The molecule has 3 N–H and O–H groups in total. The van der Waals surface area contributed by atoms with E-state index in [1.54, 1.807) is 6.07 Å². The van der Waals surface area contributed by atoms with Gasteiger partial charge in [0.15, 0.2) is 0 Å². The molecule has 2 aromatic rings. The van der Waals surface area contributed by atoms with E-state index < -0.39 is 23.0 Å². The van der Waals surface area contributed by atoms with Crippen LogP contribution in [0.15, 0.2) is 29.1 Å². The monoisotopic (exact) mass is 409 g/mol. The fraction of sp³-hybridized carbons (Fsp3) is 0. The Balaban J connectivity index is 2.38. The van der Waals surface area contributed by atoms with Crippen LogP contribution >= 0.6 is 22.6 Å². The Morgan fingerprint density at radius 2 is 1.73 bits per heavy atom. The summed E-state index contributed by atoms with van der Waals surface area (Å²) in [5.74, 6) is -2.20. The highest BCUT2D eigenvalue weighted by atomic mass is 127. The first kappa shape index (κ1) is 14.5. The molecule has 1 heterocycles. The van der Waals surface area contributed by atoms with E-state index in [0.717, 1.165) is 6.08 Å². The summed E-state index contributed by atoms with van der Waals surface area (Å²) in [5, 5.41) is 19.4. The minimum atomic E-state index is -0.874. The van der Waals surface area contributed by atoms with Crippen LogP contribution in [0.3, 0.4) is 0 Å². The normalized spacial score (nSPS) is 13.3. The Morgan fingerprint density at radius 3 is 2.41 bits per heavy atom. The third kappa shape index (κ3) is 2.13. The fourth-order valence-electron chi connectivity index (χ4n) is 2.31. The molecule has 0 bridgehead atoms. The van der Waals surface area contributed by atoms with Crippen molar-refractivity contribution in [2.45, 2.75) is 0 Å². The highest BCUT2D eigenvalue weighted by Crippen LogP contribution is 2.33. The van der Waals surface area contributed by atoms with Crippen LogP contribution in [0, 0.1) is 3.57 Å². The molecule has 6 nitrogen and oxygen atoms in total. The van der Waals surface area contributed by atoms with Gasteiger partial charge in [0.1, 0.15) is 5.75 Å². The van der Waals surface area contributed by atoms with Crippen LogP contribution in [0.1, 0.15) is 15.9 Å². The predicted octanol–water partition coefficient (Wildman–Crippen LogP) is 1.84. The minimum Gasteiger partial charge on any atom is -0.507 e. The van der Waals surface area contributed by atoms with E-state index in [2.05, 4.69) is 4.98 Å². The van der Waals surface area contributed by atoms with Crippen molar-refractivity contribution in [2.75, 3.05) is 0 Å². The second-order valence-corrected chi connectivity index (χ2v) is 5.82. The maximum Gasteiger partial charge on any atom is 0.259 e. The summed E-state index contributed by atoms with van der Waals surface area (Å²) < 4.78 is 0.526. The van der Waals surface area contributed by atoms with Gasteiger partial charge in [0.2, 0.25) is 17.4 Å². The number of H-pyrrole nitrogens is 1. The molecule has 3 rings (SSSR count). The first-order valence-corrected chi connectivity index (χ1v) is 7.23. The number of halogens is 1. The third-order valence-electron chi connectivity index (χ3n) is 3.32.